The van der Waals surface area contributed by atoms with Crippen LogP contribution in [0.15, 0.2) is 29.5 Å². The van der Waals surface area contributed by atoms with Gasteiger partial charge in [-0.15, -0.1) is 0 Å². The van der Waals surface area contributed by atoms with E-state index in [4.69, 9.17) is 15.0 Å². The van der Waals surface area contributed by atoms with Gasteiger partial charge in [0.05, 0.1) is 0 Å². The molecule has 1 aliphatic rings. The van der Waals surface area contributed by atoms with E-state index >= 15 is 0 Å². The molecule has 1 aliphatic heterocycles. The van der Waals surface area contributed by atoms with Crippen LogP contribution in [0.1, 0.15) is 0 Å². The normalized spacial score (nSPS) is 13.2. The Kier molecular flexibility index (Phi) is 2.20. The number of hydrogen-bond acceptors (Lipinski definition) is 4. The van der Waals surface area contributed by atoms with Crippen molar-refractivity contribution in [1.29, 1.82) is 0 Å². The first-order valence-corrected chi connectivity index (χ1v) is 5.12. The summed E-state index contributed by atoms with van der Waals surface area (Å²) in [4.78, 5) is 6.79. The van der Waals surface area contributed by atoms with Crippen LogP contribution in [-0.2, 0) is 0 Å². The quantitative estimate of drug-likeness (QED) is 0.427. The first kappa shape index (κ1) is 9.74. The number of benzene rings is 1. The Balaban J connectivity index is 2.29. The molecule has 0 saturated carbocycles. The largest absolute Gasteiger partial charge is 0.486 e. The number of azide groups is 1. The molecular weight excluding hydrogens is 220 g/mol. The van der Waals surface area contributed by atoms with Crippen LogP contribution in [0.2, 0.25) is 0 Å². The Bertz CT molecular complexity index is 635. The maximum Gasteiger partial charge on any atom is 0.162 e. The van der Waals surface area contributed by atoms with Gasteiger partial charge in [0.25, 0.3) is 0 Å². The van der Waals surface area contributed by atoms with Crippen molar-refractivity contribution >= 4 is 16.6 Å². The molecule has 0 bridgehead atoms. The molecule has 2 aromatic rings. The Morgan fingerprint density at radius 3 is 2.76 bits per heavy atom. The number of rotatable bonds is 1. The van der Waals surface area contributed by atoms with Crippen LogP contribution in [-0.4, -0.2) is 18.2 Å². The van der Waals surface area contributed by atoms with Crippen LogP contribution in [0.4, 0.5) is 5.82 Å². The van der Waals surface area contributed by atoms with Gasteiger partial charge in [0.2, 0.25) is 0 Å². The summed E-state index contributed by atoms with van der Waals surface area (Å²) in [5, 5.41) is 5.22. The van der Waals surface area contributed by atoms with Gasteiger partial charge < -0.3 is 9.47 Å². The Hall–Kier alpha value is -2.46. The highest BCUT2D eigenvalue weighted by molar-refractivity contribution is 5.93. The van der Waals surface area contributed by atoms with Crippen molar-refractivity contribution in [2.75, 3.05) is 13.2 Å². The highest BCUT2D eigenvalue weighted by Crippen LogP contribution is 2.37. The number of aromatic nitrogens is 1. The minimum absolute atomic E-state index is 0.349. The van der Waals surface area contributed by atoms with E-state index in [9.17, 15) is 0 Å². The molecule has 0 amide bonds. The van der Waals surface area contributed by atoms with Gasteiger partial charge >= 0.3 is 0 Å². The predicted molar refractivity (Wildman–Crippen MR) is 61.5 cm³/mol. The van der Waals surface area contributed by atoms with Crippen molar-refractivity contribution in [1.82, 2.24) is 4.98 Å². The van der Waals surface area contributed by atoms with E-state index in [1.807, 2.05) is 12.1 Å². The van der Waals surface area contributed by atoms with Gasteiger partial charge in [-0.3, -0.25) is 4.98 Å². The summed E-state index contributed by atoms with van der Waals surface area (Å²) in [6, 6.07) is 5.49. The summed E-state index contributed by atoms with van der Waals surface area (Å²) in [7, 11) is 0. The van der Waals surface area contributed by atoms with E-state index in [0.29, 0.717) is 30.5 Å². The summed E-state index contributed by atoms with van der Waals surface area (Å²) in [5.41, 5.74) is 8.48. The lowest BCUT2D eigenvalue weighted by Crippen LogP contribution is -2.15. The molecule has 2 heterocycles. The van der Waals surface area contributed by atoms with E-state index in [1.54, 1.807) is 12.3 Å². The van der Waals surface area contributed by atoms with Crippen LogP contribution >= 0.6 is 0 Å². The number of hydrogen-bond donors (Lipinski definition) is 0. The first-order chi connectivity index (χ1) is 8.38. The summed E-state index contributed by atoms with van der Waals surface area (Å²) in [5.74, 6) is 1.72. The highest BCUT2D eigenvalue weighted by Gasteiger charge is 2.13. The Labute approximate surface area is 96.4 Å². The molecule has 0 N–H and O–H groups in total. The van der Waals surface area contributed by atoms with E-state index in [-0.39, 0.29) is 0 Å². The molecule has 0 atom stereocenters. The highest BCUT2D eigenvalue weighted by atomic mass is 16.6. The van der Waals surface area contributed by atoms with Crippen LogP contribution in [0, 0.1) is 0 Å². The molecule has 17 heavy (non-hydrogen) atoms. The van der Waals surface area contributed by atoms with Crippen LogP contribution < -0.4 is 9.47 Å². The van der Waals surface area contributed by atoms with Crippen molar-refractivity contribution in [3.63, 3.8) is 0 Å². The minimum Gasteiger partial charge on any atom is -0.486 e. The zero-order valence-corrected chi connectivity index (χ0v) is 8.83. The van der Waals surface area contributed by atoms with Crippen LogP contribution in [0.3, 0.4) is 0 Å². The second-order valence-corrected chi connectivity index (χ2v) is 3.54. The number of fused-ring (bicyclic) bond motifs is 2. The number of nitrogens with zero attached hydrogens (tertiary/aromatic N) is 4. The third-order valence-electron chi connectivity index (χ3n) is 2.55. The van der Waals surface area contributed by atoms with Crippen LogP contribution in [0.5, 0.6) is 11.5 Å². The fraction of sp³-hybridized carbons (Fsp3) is 0.182. The lowest BCUT2D eigenvalue weighted by atomic mass is 10.1. The molecule has 84 valence electrons. The van der Waals surface area contributed by atoms with E-state index in [1.165, 1.54) is 0 Å². The third-order valence-corrected chi connectivity index (χ3v) is 2.55. The smallest absolute Gasteiger partial charge is 0.162 e. The molecule has 0 fully saturated rings. The van der Waals surface area contributed by atoms with E-state index in [2.05, 4.69) is 15.0 Å². The van der Waals surface area contributed by atoms with E-state index in [0.717, 1.165) is 10.8 Å². The first-order valence-electron chi connectivity index (χ1n) is 5.12. The predicted octanol–water partition coefficient (Wildman–Crippen LogP) is 2.95. The zero-order chi connectivity index (χ0) is 11.7. The second kappa shape index (κ2) is 3.84. The van der Waals surface area contributed by atoms with Crippen molar-refractivity contribution in [2.45, 2.75) is 0 Å². The van der Waals surface area contributed by atoms with Gasteiger partial charge in [-0.25, -0.2) is 0 Å². The SMILES string of the molecule is [N-]=[N+]=Nc1nccc2cc3c(cc12)OCCO3. The average molecular weight is 228 g/mol. The van der Waals surface area contributed by atoms with Crippen molar-refractivity contribution < 1.29 is 9.47 Å². The zero-order valence-electron chi connectivity index (χ0n) is 8.83. The van der Waals surface area contributed by atoms with Crippen LogP contribution in [0.25, 0.3) is 21.2 Å². The molecule has 0 saturated heterocycles. The summed E-state index contributed by atoms with van der Waals surface area (Å²) in [6.07, 6.45) is 1.60. The molecule has 1 aromatic carbocycles. The van der Waals surface area contributed by atoms with Gasteiger partial charge in [-0.1, -0.05) is 0 Å². The van der Waals surface area contributed by atoms with E-state index < -0.39 is 0 Å². The Morgan fingerprint density at radius 2 is 2.00 bits per heavy atom. The summed E-state index contributed by atoms with van der Waals surface area (Å²) in [6.45, 7) is 1.07. The maximum atomic E-state index is 8.48. The molecule has 0 unspecified atom stereocenters. The molecule has 0 aliphatic carbocycles. The molecular formula is C11H8N4O2. The van der Waals surface area contributed by atoms with Gasteiger partial charge in [0, 0.05) is 16.5 Å². The van der Waals surface area contributed by atoms with Crippen molar-refractivity contribution in [3.05, 3.63) is 34.8 Å². The maximum absolute atomic E-state index is 8.48. The topological polar surface area (TPSA) is 80.1 Å². The number of ether oxygens (including phenoxy) is 2. The average Bonchev–Trinajstić information content (AvgIpc) is 2.37. The van der Waals surface area contributed by atoms with Gasteiger partial charge in [-0.2, -0.15) is 0 Å². The monoisotopic (exact) mass is 228 g/mol. The standard InChI is InChI=1S/C11H8N4O2/c12-15-14-11-8-6-10-9(16-3-4-17-10)5-7(8)1-2-13-11/h1-2,5-6H,3-4H2. The fourth-order valence-corrected chi connectivity index (χ4v) is 1.82. The molecule has 6 heteroatoms. The van der Waals surface area contributed by atoms with Gasteiger partial charge in [0.1, 0.15) is 19.0 Å². The van der Waals surface area contributed by atoms with Gasteiger partial charge in [-0.05, 0) is 34.2 Å². The van der Waals surface area contributed by atoms with Gasteiger partial charge in [0.15, 0.2) is 11.5 Å². The van der Waals surface area contributed by atoms with Crippen molar-refractivity contribution in [3.8, 4) is 11.5 Å². The summed E-state index contributed by atoms with van der Waals surface area (Å²) >= 11 is 0. The minimum atomic E-state index is 0.349. The molecule has 0 spiro atoms. The molecule has 6 nitrogen and oxygen atoms in total. The lowest BCUT2D eigenvalue weighted by Gasteiger charge is -2.19. The second-order valence-electron chi connectivity index (χ2n) is 3.54. The summed E-state index contributed by atoms with van der Waals surface area (Å²) < 4.78 is 11.0. The third kappa shape index (κ3) is 1.60. The molecule has 1 aromatic heterocycles. The number of pyridine rings is 1. The lowest BCUT2D eigenvalue weighted by molar-refractivity contribution is 0.172. The fourth-order valence-electron chi connectivity index (χ4n) is 1.82. The van der Waals surface area contributed by atoms with Crippen molar-refractivity contribution in [2.24, 2.45) is 5.11 Å². The molecule has 3 rings (SSSR count). The molecule has 0 radical (unpaired) electrons. The Morgan fingerprint density at radius 1 is 1.24 bits per heavy atom.